The van der Waals surface area contributed by atoms with Crippen LogP contribution in [0.1, 0.15) is 47.3 Å². The van der Waals surface area contributed by atoms with Crippen molar-refractivity contribution in [2.24, 2.45) is 11.8 Å². The minimum Gasteiger partial charge on any atom is -0.385 e. The Morgan fingerprint density at radius 1 is 1.05 bits per heavy atom. The Labute approximate surface area is 222 Å². The number of carbonyl (C=O) groups is 1. The van der Waals surface area contributed by atoms with E-state index in [-0.39, 0.29) is 45.8 Å². The van der Waals surface area contributed by atoms with E-state index in [1.165, 1.54) is 12.1 Å². The molecule has 38 heavy (non-hydrogen) atoms. The highest BCUT2D eigenvalue weighted by Gasteiger charge is 2.56. The zero-order valence-electron chi connectivity index (χ0n) is 20.2. The van der Waals surface area contributed by atoms with E-state index in [1.54, 1.807) is 12.3 Å². The van der Waals surface area contributed by atoms with Crippen molar-refractivity contribution in [1.82, 2.24) is 4.98 Å². The van der Waals surface area contributed by atoms with Gasteiger partial charge in [0.05, 0.1) is 20.8 Å². The quantitative estimate of drug-likeness (QED) is 0.395. The Hall–Kier alpha value is -2.95. The molecule has 1 heterocycles. The van der Waals surface area contributed by atoms with Gasteiger partial charge in [-0.25, -0.2) is 21.6 Å². The summed E-state index contributed by atoms with van der Waals surface area (Å²) in [7, 11) is -4.01. The Morgan fingerprint density at radius 2 is 1.68 bits per heavy atom. The van der Waals surface area contributed by atoms with Crippen LogP contribution >= 0.6 is 11.6 Å². The van der Waals surface area contributed by atoms with E-state index in [9.17, 15) is 31.5 Å². The standard InChI is InChI=1S/C27H24ClF3N2O4S/c1-14-8-18(6-7-32-14)27(35)16-3-4-17(27)11-20(10-16)38(36,37)24-9-15(2-5-21(24)28)26(34)33-19-12-22(29)25(31)23(30)13-19/h2,5-9,12-13,16-17,20,35H,3-4,10-11H2,1H3,(H,33,34)/t16-,17?,20?,27?/m0/s1. The second kappa shape index (κ2) is 9.66. The maximum atomic E-state index is 13.7. The lowest BCUT2D eigenvalue weighted by atomic mass is 9.70. The van der Waals surface area contributed by atoms with Crippen LogP contribution in [0.4, 0.5) is 18.9 Å². The molecule has 2 fully saturated rings. The predicted molar refractivity (Wildman–Crippen MR) is 135 cm³/mol. The molecule has 11 heteroatoms. The van der Waals surface area contributed by atoms with Crippen molar-refractivity contribution < 1.29 is 31.5 Å². The van der Waals surface area contributed by atoms with E-state index >= 15 is 0 Å². The van der Waals surface area contributed by atoms with Crippen LogP contribution in [0.15, 0.2) is 53.6 Å². The molecule has 2 aromatic carbocycles. The minimum absolute atomic E-state index is 0.0710. The summed E-state index contributed by atoms with van der Waals surface area (Å²) in [5, 5.41) is 13.1. The van der Waals surface area contributed by atoms with Gasteiger partial charge >= 0.3 is 0 Å². The molecule has 3 aromatic rings. The van der Waals surface area contributed by atoms with E-state index in [4.69, 9.17) is 11.6 Å². The number of sulfone groups is 1. The third-order valence-electron chi connectivity index (χ3n) is 7.74. The van der Waals surface area contributed by atoms with Crippen molar-refractivity contribution in [3.63, 3.8) is 0 Å². The van der Waals surface area contributed by atoms with Crippen LogP contribution in [0.2, 0.25) is 5.02 Å². The summed E-state index contributed by atoms with van der Waals surface area (Å²) in [5.41, 5.74) is -0.0945. The van der Waals surface area contributed by atoms with Gasteiger partial charge in [-0.05, 0) is 80.3 Å². The average molecular weight is 565 g/mol. The topological polar surface area (TPSA) is 96.4 Å². The molecular formula is C27H24ClF3N2O4S. The fourth-order valence-electron chi connectivity index (χ4n) is 5.89. The minimum atomic E-state index is -4.01. The average Bonchev–Trinajstić information content (AvgIpc) is 3.03. The number of hydrogen-bond acceptors (Lipinski definition) is 5. The highest BCUT2D eigenvalue weighted by Crippen LogP contribution is 2.56. The van der Waals surface area contributed by atoms with Crippen molar-refractivity contribution in [1.29, 1.82) is 0 Å². The third kappa shape index (κ3) is 4.48. The van der Waals surface area contributed by atoms with Gasteiger partial charge in [-0.15, -0.1) is 0 Å². The molecule has 2 bridgehead atoms. The lowest BCUT2D eigenvalue weighted by molar-refractivity contribution is -0.0647. The monoisotopic (exact) mass is 564 g/mol. The van der Waals surface area contributed by atoms with Crippen molar-refractivity contribution in [2.75, 3.05) is 5.32 Å². The molecule has 0 aliphatic heterocycles. The highest BCUT2D eigenvalue weighted by molar-refractivity contribution is 7.92. The van der Waals surface area contributed by atoms with Gasteiger partial charge in [-0.2, -0.15) is 0 Å². The van der Waals surface area contributed by atoms with Crippen molar-refractivity contribution in [3.8, 4) is 0 Å². The predicted octanol–water partition coefficient (Wildman–Crippen LogP) is 5.56. The lowest BCUT2D eigenvalue weighted by Gasteiger charge is -2.43. The van der Waals surface area contributed by atoms with E-state index in [0.717, 1.165) is 17.3 Å². The van der Waals surface area contributed by atoms with Crippen LogP contribution in [0.3, 0.4) is 0 Å². The van der Waals surface area contributed by atoms with Gasteiger partial charge in [-0.3, -0.25) is 9.78 Å². The first-order valence-corrected chi connectivity index (χ1v) is 14.0. The molecule has 6 nitrogen and oxygen atoms in total. The molecule has 1 aromatic heterocycles. The van der Waals surface area contributed by atoms with Crippen LogP contribution in [0, 0.1) is 36.2 Å². The van der Waals surface area contributed by atoms with E-state index in [1.807, 2.05) is 13.0 Å². The highest BCUT2D eigenvalue weighted by atomic mass is 35.5. The number of amides is 1. The number of hydrogen-bond donors (Lipinski definition) is 2. The number of halogens is 4. The molecule has 0 radical (unpaired) electrons. The summed E-state index contributed by atoms with van der Waals surface area (Å²) < 4.78 is 67.8. The van der Waals surface area contributed by atoms with Crippen LogP contribution in [0.5, 0.6) is 0 Å². The first-order chi connectivity index (χ1) is 17.9. The molecule has 0 spiro atoms. The van der Waals surface area contributed by atoms with E-state index in [2.05, 4.69) is 10.3 Å². The second-order valence-corrected chi connectivity index (χ2v) is 12.6. The number of carbonyl (C=O) groups excluding carboxylic acids is 1. The fourth-order valence-corrected chi connectivity index (χ4v) is 8.30. The van der Waals surface area contributed by atoms with Gasteiger partial charge in [-0.1, -0.05) is 11.6 Å². The number of aryl methyl sites for hydroxylation is 1. The molecule has 0 saturated heterocycles. The summed E-state index contributed by atoms with van der Waals surface area (Å²) in [6.45, 7) is 1.83. The number of aromatic nitrogens is 1. The number of pyridine rings is 1. The number of nitrogens with one attached hydrogen (secondary N) is 1. The number of nitrogens with zero attached hydrogens (tertiary/aromatic N) is 1. The van der Waals surface area contributed by atoms with Crippen LogP contribution in [-0.4, -0.2) is 29.7 Å². The first-order valence-electron chi connectivity index (χ1n) is 12.1. The molecule has 200 valence electrons. The van der Waals surface area contributed by atoms with E-state index in [0.29, 0.717) is 25.0 Å². The van der Waals surface area contributed by atoms with Crippen molar-refractivity contribution in [3.05, 3.63) is 88.0 Å². The zero-order valence-corrected chi connectivity index (χ0v) is 21.8. The summed E-state index contributed by atoms with van der Waals surface area (Å²) in [5.74, 6) is -6.04. The molecular weight excluding hydrogens is 541 g/mol. The molecule has 2 aliphatic carbocycles. The van der Waals surface area contributed by atoms with Gasteiger partial charge in [0.15, 0.2) is 27.3 Å². The van der Waals surface area contributed by atoms with Crippen molar-refractivity contribution >= 4 is 33.0 Å². The molecule has 2 saturated carbocycles. The summed E-state index contributed by atoms with van der Waals surface area (Å²) in [6, 6.07) is 8.51. The Morgan fingerprint density at radius 3 is 2.29 bits per heavy atom. The normalized spacial score (nSPS) is 24.8. The molecule has 2 N–H and O–H groups in total. The SMILES string of the molecule is Cc1cc(C2(O)C3CC[C@H]2CC(S(=O)(=O)c2cc(C(=O)Nc4cc(F)c(F)c(F)c4)ccc2Cl)C3)ccn1. The van der Waals surface area contributed by atoms with Gasteiger partial charge in [0, 0.05) is 35.3 Å². The fraction of sp³-hybridized carbons (Fsp3) is 0.333. The van der Waals surface area contributed by atoms with Gasteiger partial charge in [0.25, 0.3) is 5.91 Å². The van der Waals surface area contributed by atoms with Gasteiger partial charge in [0.2, 0.25) is 0 Å². The summed E-state index contributed by atoms with van der Waals surface area (Å²) >= 11 is 6.27. The third-order valence-corrected chi connectivity index (χ3v) is 10.4. The summed E-state index contributed by atoms with van der Waals surface area (Å²) in [4.78, 5) is 16.7. The lowest BCUT2D eigenvalue weighted by Crippen LogP contribution is -2.46. The number of benzene rings is 2. The maximum Gasteiger partial charge on any atom is 0.255 e. The Bertz CT molecular complexity index is 1510. The molecule has 1 amide bonds. The Balaban J connectivity index is 1.41. The molecule has 4 atom stereocenters. The molecule has 3 unspecified atom stereocenters. The summed E-state index contributed by atoms with van der Waals surface area (Å²) in [6.07, 6.45) is 3.43. The number of aliphatic hydroxyl groups is 1. The van der Waals surface area contributed by atoms with Crippen molar-refractivity contribution in [2.45, 2.75) is 48.4 Å². The van der Waals surface area contributed by atoms with Gasteiger partial charge in [0.1, 0.15) is 0 Å². The number of fused-ring (bicyclic) bond motifs is 2. The number of anilines is 1. The Kier molecular flexibility index (Phi) is 6.77. The first kappa shape index (κ1) is 26.6. The second-order valence-electron chi connectivity index (χ2n) is 9.97. The van der Waals surface area contributed by atoms with E-state index < -0.39 is 44.0 Å². The molecule has 2 aliphatic rings. The van der Waals surface area contributed by atoms with Crippen LogP contribution in [-0.2, 0) is 15.4 Å². The van der Waals surface area contributed by atoms with Crippen LogP contribution in [0.25, 0.3) is 0 Å². The maximum absolute atomic E-state index is 13.7. The molecule has 5 rings (SSSR count). The number of rotatable bonds is 5. The van der Waals surface area contributed by atoms with Crippen LogP contribution < -0.4 is 5.32 Å². The smallest absolute Gasteiger partial charge is 0.255 e. The van der Waals surface area contributed by atoms with Gasteiger partial charge < -0.3 is 10.4 Å². The largest absolute Gasteiger partial charge is 0.385 e. The zero-order chi connectivity index (χ0) is 27.4.